The van der Waals surface area contributed by atoms with Crippen molar-refractivity contribution >= 4 is 5.91 Å². The van der Waals surface area contributed by atoms with E-state index in [4.69, 9.17) is 9.47 Å². The van der Waals surface area contributed by atoms with Gasteiger partial charge < -0.3 is 40.3 Å². The van der Waals surface area contributed by atoms with Gasteiger partial charge in [0.2, 0.25) is 5.91 Å². The Morgan fingerprint density at radius 3 is 1.13 bits per heavy atom. The summed E-state index contributed by atoms with van der Waals surface area (Å²) >= 11 is 0. The standard InChI is InChI=1S/C76H133NO8/c1-3-5-7-9-11-13-15-17-19-21-23-25-26-27-28-29-30-31-32-33-34-35-36-37-38-39-40-41-42-43-44-46-48-50-52-54-56-58-60-62-64-66-72(80)77-69(68-84-76-75(83)74(82)73(81)71(67-78)85-76)70(79)65-63-61-59-57-55-53-51-49-47-45-24-22-20-18-16-14-12-10-8-6-4-2/h5,7,11,13,17,19,23,25,27-28,30-31,33-34,55,57,63,65,69-71,73-76,78-79,81-83H,3-4,6,8-10,12,14-16,18,20-22,24,26,29,32,35-54,56,58-62,64,66-68H2,1-2H3,(H,77,80)/b7-5-,13-11-,19-17-,25-23-,28-27-,31-30-,34-33-,57-55+,65-63+. The number of nitrogens with one attached hydrogen (secondary N) is 1. The highest BCUT2D eigenvalue weighted by Gasteiger charge is 2.44. The van der Waals surface area contributed by atoms with E-state index in [1.807, 2.05) is 6.08 Å². The van der Waals surface area contributed by atoms with Gasteiger partial charge in [0.1, 0.15) is 24.4 Å². The molecule has 9 nitrogen and oxygen atoms in total. The van der Waals surface area contributed by atoms with Crippen LogP contribution >= 0.6 is 0 Å². The van der Waals surface area contributed by atoms with E-state index >= 15 is 0 Å². The third-order valence-electron chi connectivity index (χ3n) is 16.3. The van der Waals surface area contributed by atoms with Crippen LogP contribution in [0.3, 0.4) is 0 Å². The number of hydrogen-bond acceptors (Lipinski definition) is 8. The molecule has 0 radical (unpaired) electrons. The van der Waals surface area contributed by atoms with Gasteiger partial charge in [-0.1, -0.05) is 322 Å². The zero-order valence-corrected chi connectivity index (χ0v) is 54.8. The van der Waals surface area contributed by atoms with Crippen LogP contribution in [-0.4, -0.2) is 87.5 Å². The van der Waals surface area contributed by atoms with Gasteiger partial charge in [-0.25, -0.2) is 0 Å². The van der Waals surface area contributed by atoms with Crippen LogP contribution in [0.15, 0.2) is 109 Å². The van der Waals surface area contributed by atoms with E-state index in [1.54, 1.807) is 6.08 Å². The first-order valence-electron chi connectivity index (χ1n) is 35.6. The highest BCUT2D eigenvalue weighted by molar-refractivity contribution is 5.76. The first-order chi connectivity index (χ1) is 41.8. The summed E-state index contributed by atoms with van der Waals surface area (Å²) in [6, 6.07) is -0.827. The number of aliphatic hydroxyl groups excluding tert-OH is 5. The number of amides is 1. The van der Waals surface area contributed by atoms with Gasteiger partial charge in [-0.3, -0.25) is 4.79 Å². The Kier molecular flexibility index (Phi) is 60.0. The predicted octanol–water partition coefficient (Wildman–Crippen LogP) is 19.6. The van der Waals surface area contributed by atoms with Gasteiger partial charge in [-0.15, -0.1) is 0 Å². The fourth-order valence-corrected chi connectivity index (χ4v) is 10.8. The van der Waals surface area contributed by atoms with Gasteiger partial charge in [0.15, 0.2) is 6.29 Å². The summed E-state index contributed by atoms with van der Waals surface area (Å²) in [6.07, 6.45) is 87.7. The molecule has 0 aliphatic carbocycles. The van der Waals surface area contributed by atoms with Crippen molar-refractivity contribution in [3.05, 3.63) is 109 Å². The molecule has 1 amide bonds. The molecule has 7 unspecified atom stereocenters. The molecule has 85 heavy (non-hydrogen) atoms. The highest BCUT2D eigenvalue weighted by atomic mass is 16.7. The Morgan fingerprint density at radius 2 is 0.741 bits per heavy atom. The minimum Gasteiger partial charge on any atom is -0.394 e. The molecule has 0 spiro atoms. The summed E-state index contributed by atoms with van der Waals surface area (Å²) in [5.74, 6) is -0.185. The maximum atomic E-state index is 13.1. The quantitative estimate of drug-likeness (QED) is 0.0261. The van der Waals surface area contributed by atoms with Crippen molar-refractivity contribution in [2.45, 2.75) is 352 Å². The maximum Gasteiger partial charge on any atom is 0.220 e. The molecule has 0 bridgehead atoms. The van der Waals surface area contributed by atoms with E-state index < -0.39 is 49.5 Å². The highest BCUT2D eigenvalue weighted by Crippen LogP contribution is 2.23. The number of carbonyl (C=O) groups is 1. The number of hydrogen-bond donors (Lipinski definition) is 6. The van der Waals surface area contributed by atoms with Crippen molar-refractivity contribution in [1.29, 1.82) is 0 Å². The summed E-state index contributed by atoms with van der Waals surface area (Å²) < 4.78 is 11.3. The van der Waals surface area contributed by atoms with Gasteiger partial charge in [0, 0.05) is 6.42 Å². The third-order valence-corrected chi connectivity index (χ3v) is 16.3. The largest absolute Gasteiger partial charge is 0.394 e. The maximum absolute atomic E-state index is 13.1. The van der Waals surface area contributed by atoms with Crippen molar-refractivity contribution in [3.8, 4) is 0 Å². The third kappa shape index (κ3) is 52.5. The van der Waals surface area contributed by atoms with Crippen molar-refractivity contribution < 1.29 is 39.8 Å². The van der Waals surface area contributed by atoms with Crippen LogP contribution in [0.4, 0.5) is 0 Å². The molecular weight excluding hydrogens is 1050 g/mol. The van der Waals surface area contributed by atoms with Crippen LogP contribution in [0.5, 0.6) is 0 Å². The Morgan fingerprint density at radius 1 is 0.412 bits per heavy atom. The van der Waals surface area contributed by atoms with E-state index in [0.29, 0.717) is 6.42 Å². The monoisotopic (exact) mass is 1190 g/mol. The summed E-state index contributed by atoms with van der Waals surface area (Å²) in [6.45, 7) is 3.67. The van der Waals surface area contributed by atoms with Crippen LogP contribution < -0.4 is 5.32 Å². The van der Waals surface area contributed by atoms with Crippen molar-refractivity contribution in [1.82, 2.24) is 5.32 Å². The summed E-state index contributed by atoms with van der Waals surface area (Å²) in [5, 5.41) is 54.7. The fraction of sp³-hybridized carbons (Fsp3) is 0.750. The van der Waals surface area contributed by atoms with Crippen LogP contribution in [0, 0.1) is 0 Å². The lowest BCUT2D eigenvalue weighted by Crippen LogP contribution is -2.60. The Balaban J connectivity index is 2.10. The molecule has 490 valence electrons. The topological polar surface area (TPSA) is 149 Å². The molecule has 6 N–H and O–H groups in total. The first-order valence-corrected chi connectivity index (χ1v) is 35.6. The SMILES string of the molecule is CC/C=C\C/C=C\C/C=C\C/C=C\C/C=C\C/C=C\C/C=C\CCCCCCCCCCCCCCCCCCCCCC(=O)NC(COC1OC(CO)C(O)C(O)C1O)C(O)/C=C/CC/C=C/CCCCCCCCCCCCCCCCC. The molecule has 0 saturated carbocycles. The molecule has 1 saturated heterocycles. The van der Waals surface area contributed by atoms with E-state index in [2.05, 4.69) is 116 Å². The molecular formula is C76H133NO8. The second-order valence-electron chi connectivity index (χ2n) is 24.3. The molecule has 1 aliphatic rings. The summed E-state index contributed by atoms with van der Waals surface area (Å²) in [4.78, 5) is 13.1. The van der Waals surface area contributed by atoms with E-state index in [9.17, 15) is 30.3 Å². The molecule has 1 heterocycles. The Bertz CT molecular complexity index is 1710. The molecule has 7 atom stereocenters. The smallest absolute Gasteiger partial charge is 0.220 e. The fourth-order valence-electron chi connectivity index (χ4n) is 10.8. The van der Waals surface area contributed by atoms with Crippen molar-refractivity contribution in [3.63, 3.8) is 0 Å². The average Bonchev–Trinajstić information content (AvgIpc) is 3.68. The first kappa shape index (κ1) is 79.9. The number of unbranched alkanes of at least 4 members (excludes halogenated alkanes) is 35. The summed E-state index contributed by atoms with van der Waals surface area (Å²) in [7, 11) is 0. The van der Waals surface area contributed by atoms with Crippen molar-refractivity contribution in [2.75, 3.05) is 13.2 Å². The molecule has 1 rings (SSSR count). The predicted molar refractivity (Wildman–Crippen MR) is 364 cm³/mol. The van der Waals surface area contributed by atoms with Gasteiger partial charge in [0.05, 0.1) is 25.4 Å². The molecule has 0 aromatic rings. The normalized spacial score (nSPS) is 18.8. The molecule has 9 heteroatoms. The minimum atomic E-state index is -1.58. The number of aliphatic hydroxyl groups is 5. The van der Waals surface area contributed by atoms with Crippen LogP contribution in [0.2, 0.25) is 0 Å². The molecule has 1 aliphatic heterocycles. The summed E-state index contributed by atoms with van der Waals surface area (Å²) in [5.41, 5.74) is 0. The zero-order chi connectivity index (χ0) is 61.4. The second-order valence-corrected chi connectivity index (χ2v) is 24.3. The lowest BCUT2D eigenvalue weighted by atomic mass is 9.99. The molecule has 0 aromatic heterocycles. The number of rotatable bonds is 61. The van der Waals surface area contributed by atoms with Crippen LogP contribution in [0.1, 0.15) is 309 Å². The van der Waals surface area contributed by atoms with Gasteiger partial charge in [0.25, 0.3) is 0 Å². The zero-order valence-electron chi connectivity index (χ0n) is 54.8. The number of carbonyl (C=O) groups excluding carboxylic acids is 1. The van der Waals surface area contributed by atoms with Crippen LogP contribution in [-0.2, 0) is 14.3 Å². The van der Waals surface area contributed by atoms with Crippen LogP contribution in [0.25, 0.3) is 0 Å². The van der Waals surface area contributed by atoms with Gasteiger partial charge >= 0.3 is 0 Å². The minimum absolute atomic E-state index is 0.185. The Hall–Kier alpha value is -3.15. The second kappa shape index (κ2) is 63.9. The lowest BCUT2D eigenvalue weighted by Gasteiger charge is -2.40. The molecule has 0 aromatic carbocycles. The number of ether oxygens (including phenoxy) is 2. The average molecular weight is 1190 g/mol. The molecule has 1 fully saturated rings. The lowest BCUT2D eigenvalue weighted by molar-refractivity contribution is -0.302. The number of allylic oxidation sites excluding steroid dienone is 17. The van der Waals surface area contributed by atoms with Gasteiger partial charge in [-0.05, 0) is 89.9 Å². The van der Waals surface area contributed by atoms with E-state index in [0.717, 1.165) is 83.5 Å². The van der Waals surface area contributed by atoms with E-state index in [1.165, 1.54) is 205 Å². The van der Waals surface area contributed by atoms with Crippen molar-refractivity contribution in [2.24, 2.45) is 0 Å². The van der Waals surface area contributed by atoms with Gasteiger partial charge in [-0.2, -0.15) is 0 Å². The Labute approximate surface area is 523 Å². The van der Waals surface area contributed by atoms with E-state index in [-0.39, 0.29) is 12.5 Å².